The molecule has 1 aliphatic carbocycles. The van der Waals surface area contributed by atoms with E-state index >= 15 is 0 Å². The molecule has 0 unspecified atom stereocenters. The summed E-state index contributed by atoms with van der Waals surface area (Å²) < 4.78 is 3.84. The van der Waals surface area contributed by atoms with Crippen molar-refractivity contribution in [2.24, 2.45) is 0 Å². The molecule has 3 aromatic heterocycles. The van der Waals surface area contributed by atoms with Gasteiger partial charge in [0.1, 0.15) is 0 Å². The second-order valence-corrected chi connectivity index (χ2v) is 7.82. The summed E-state index contributed by atoms with van der Waals surface area (Å²) in [6.07, 6.45) is 10.1. The van der Waals surface area contributed by atoms with Crippen LogP contribution in [0.25, 0.3) is 16.7 Å². The van der Waals surface area contributed by atoms with E-state index in [0.717, 1.165) is 29.2 Å². The number of nitrogens with zero attached hydrogens (tertiary/aromatic N) is 5. The van der Waals surface area contributed by atoms with Crippen molar-refractivity contribution in [3.05, 3.63) is 65.0 Å². The van der Waals surface area contributed by atoms with Crippen molar-refractivity contribution in [2.45, 2.75) is 42.6 Å². The van der Waals surface area contributed by atoms with E-state index in [9.17, 15) is 4.79 Å². The smallest absolute Gasteiger partial charge is 0.262 e. The minimum atomic E-state index is 0.0756. The van der Waals surface area contributed by atoms with E-state index in [1.165, 1.54) is 12.8 Å². The molecule has 4 aromatic rings. The fourth-order valence-corrected chi connectivity index (χ4v) is 4.75. The van der Waals surface area contributed by atoms with Crippen molar-refractivity contribution in [1.29, 1.82) is 0 Å². The molecule has 6 nitrogen and oxygen atoms in total. The van der Waals surface area contributed by atoms with Crippen LogP contribution in [-0.4, -0.2) is 23.9 Å². The van der Waals surface area contributed by atoms with E-state index in [4.69, 9.17) is 4.98 Å². The van der Waals surface area contributed by atoms with E-state index in [1.54, 1.807) is 18.0 Å². The Labute approximate surface area is 160 Å². The van der Waals surface area contributed by atoms with Gasteiger partial charge in [-0.2, -0.15) is 0 Å². The molecule has 0 aliphatic heterocycles. The lowest BCUT2D eigenvalue weighted by molar-refractivity contribution is 0.457. The average Bonchev–Trinajstić information content (AvgIpc) is 3.36. The van der Waals surface area contributed by atoms with E-state index < -0.39 is 0 Å². The van der Waals surface area contributed by atoms with Crippen molar-refractivity contribution in [2.75, 3.05) is 0 Å². The molecule has 5 rings (SSSR count). The number of thioether (sulfide) groups is 1. The molecule has 1 aromatic carbocycles. The molecular formula is C20H19N5OS. The van der Waals surface area contributed by atoms with Gasteiger partial charge in [0.15, 0.2) is 5.16 Å². The van der Waals surface area contributed by atoms with Gasteiger partial charge in [0.2, 0.25) is 5.78 Å². The van der Waals surface area contributed by atoms with Crippen LogP contribution in [0.15, 0.2) is 58.9 Å². The maximum Gasteiger partial charge on any atom is 0.262 e. The van der Waals surface area contributed by atoms with Gasteiger partial charge >= 0.3 is 0 Å². The molecule has 1 saturated carbocycles. The van der Waals surface area contributed by atoms with Gasteiger partial charge in [0.25, 0.3) is 5.56 Å². The van der Waals surface area contributed by atoms with E-state index in [2.05, 4.69) is 9.97 Å². The van der Waals surface area contributed by atoms with Crippen LogP contribution in [0.5, 0.6) is 0 Å². The lowest BCUT2D eigenvalue weighted by Gasteiger charge is -2.18. The zero-order valence-corrected chi connectivity index (χ0v) is 15.6. The zero-order valence-electron chi connectivity index (χ0n) is 14.8. The SMILES string of the molecule is O=c1c2ccccc2nc(SCc2cn3cccnc3n2)n1C1CCCC1. The van der Waals surface area contributed by atoms with Gasteiger partial charge in [-0.3, -0.25) is 13.8 Å². The highest BCUT2D eigenvalue weighted by Gasteiger charge is 2.23. The molecule has 0 atom stereocenters. The summed E-state index contributed by atoms with van der Waals surface area (Å²) in [5.41, 5.74) is 1.77. The predicted molar refractivity (Wildman–Crippen MR) is 106 cm³/mol. The van der Waals surface area contributed by atoms with Gasteiger partial charge in [-0.15, -0.1) is 0 Å². The van der Waals surface area contributed by atoms with Gasteiger partial charge in [-0.25, -0.2) is 15.0 Å². The van der Waals surface area contributed by atoms with Crippen LogP contribution in [-0.2, 0) is 5.75 Å². The molecule has 0 N–H and O–H groups in total. The Bertz CT molecular complexity index is 1140. The topological polar surface area (TPSA) is 65.1 Å². The first-order chi connectivity index (χ1) is 13.3. The first-order valence-corrected chi connectivity index (χ1v) is 10.2. The van der Waals surface area contributed by atoms with Crippen molar-refractivity contribution in [1.82, 2.24) is 23.9 Å². The molecule has 0 bridgehead atoms. The number of hydrogen-bond acceptors (Lipinski definition) is 5. The molecule has 0 amide bonds. The summed E-state index contributed by atoms with van der Waals surface area (Å²) in [6, 6.07) is 9.75. The third-order valence-corrected chi connectivity index (χ3v) is 6.09. The Kier molecular flexibility index (Phi) is 4.16. The summed E-state index contributed by atoms with van der Waals surface area (Å²) in [4.78, 5) is 26.8. The van der Waals surface area contributed by atoms with Crippen LogP contribution in [0.4, 0.5) is 0 Å². The molecule has 0 radical (unpaired) electrons. The Morgan fingerprint density at radius 2 is 1.96 bits per heavy atom. The first-order valence-electron chi connectivity index (χ1n) is 9.22. The van der Waals surface area contributed by atoms with E-state index in [-0.39, 0.29) is 11.6 Å². The molecule has 0 saturated heterocycles. The van der Waals surface area contributed by atoms with Crippen molar-refractivity contribution in [3.63, 3.8) is 0 Å². The number of fused-ring (bicyclic) bond motifs is 2. The van der Waals surface area contributed by atoms with Gasteiger partial charge in [-0.1, -0.05) is 36.7 Å². The minimum absolute atomic E-state index is 0.0756. The molecule has 7 heteroatoms. The normalized spacial score (nSPS) is 15.1. The quantitative estimate of drug-likeness (QED) is 0.399. The number of hydrogen-bond donors (Lipinski definition) is 0. The van der Waals surface area contributed by atoms with Gasteiger partial charge < -0.3 is 0 Å². The van der Waals surface area contributed by atoms with Gasteiger partial charge in [0.05, 0.1) is 16.6 Å². The average molecular weight is 377 g/mol. The van der Waals surface area contributed by atoms with Crippen LogP contribution in [0.1, 0.15) is 37.4 Å². The van der Waals surface area contributed by atoms with E-state index in [1.807, 2.05) is 51.7 Å². The number of imidazole rings is 1. The summed E-state index contributed by atoms with van der Waals surface area (Å²) >= 11 is 1.58. The fourth-order valence-electron chi connectivity index (χ4n) is 3.80. The Morgan fingerprint density at radius 3 is 2.81 bits per heavy atom. The maximum absolute atomic E-state index is 13.2. The Balaban J connectivity index is 1.54. The largest absolute Gasteiger partial charge is 0.291 e. The monoisotopic (exact) mass is 377 g/mol. The number of para-hydroxylation sites is 1. The highest BCUT2D eigenvalue weighted by Crippen LogP contribution is 2.32. The summed E-state index contributed by atoms with van der Waals surface area (Å²) in [6.45, 7) is 0. The lowest BCUT2D eigenvalue weighted by atomic mass is 10.2. The van der Waals surface area contributed by atoms with Gasteiger partial charge in [-0.05, 0) is 31.0 Å². The predicted octanol–water partition coefficient (Wildman–Crippen LogP) is 3.85. The van der Waals surface area contributed by atoms with Crippen molar-refractivity contribution >= 4 is 28.4 Å². The highest BCUT2D eigenvalue weighted by molar-refractivity contribution is 7.98. The standard InChI is InChI=1S/C20H19N5OS/c26-18-16-8-3-4-9-17(16)23-20(25(18)15-6-1-2-7-15)27-13-14-12-24-11-5-10-21-19(24)22-14/h3-5,8-12,15H,1-2,6-7,13H2. The maximum atomic E-state index is 13.2. The molecular weight excluding hydrogens is 358 g/mol. The third-order valence-electron chi connectivity index (χ3n) is 5.10. The first kappa shape index (κ1) is 16.5. The zero-order chi connectivity index (χ0) is 18.2. The molecule has 27 heavy (non-hydrogen) atoms. The van der Waals surface area contributed by atoms with Crippen LogP contribution in [0, 0.1) is 0 Å². The molecule has 3 heterocycles. The molecule has 136 valence electrons. The highest BCUT2D eigenvalue weighted by atomic mass is 32.2. The van der Waals surface area contributed by atoms with Crippen molar-refractivity contribution < 1.29 is 0 Å². The van der Waals surface area contributed by atoms with Gasteiger partial charge in [0, 0.05) is 30.4 Å². The van der Waals surface area contributed by atoms with Crippen LogP contribution >= 0.6 is 11.8 Å². The second kappa shape index (κ2) is 6.81. The number of rotatable bonds is 4. The fraction of sp³-hybridized carbons (Fsp3) is 0.300. The van der Waals surface area contributed by atoms with Crippen molar-refractivity contribution in [3.8, 4) is 0 Å². The minimum Gasteiger partial charge on any atom is -0.291 e. The summed E-state index contributed by atoms with van der Waals surface area (Å²) in [7, 11) is 0. The summed E-state index contributed by atoms with van der Waals surface area (Å²) in [5, 5.41) is 1.49. The van der Waals surface area contributed by atoms with Crippen LogP contribution in [0.2, 0.25) is 0 Å². The third kappa shape index (κ3) is 3.02. The summed E-state index contributed by atoms with van der Waals surface area (Å²) in [5.74, 6) is 1.34. The van der Waals surface area contributed by atoms with Crippen LogP contribution < -0.4 is 5.56 Å². The Hall–Kier alpha value is -2.67. The lowest BCUT2D eigenvalue weighted by Crippen LogP contribution is -2.26. The number of benzene rings is 1. The van der Waals surface area contributed by atoms with E-state index in [0.29, 0.717) is 16.9 Å². The molecule has 1 fully saturated rings. The Morgan fingerprint density at radius 1 is 1.11 bits per heavy atom. The van der Waals surface area contributed by atoms with Crippen LogP contribution in [0.3, 0.4) is 0 Å². The molecule has 0 spiro atoms. The second-order valence-electron chi connectivity index (χ2n) is 6.87. The molecule has 1 aliphatic rings. The number of aromatic nitrogens is 5.